The fraction of sp³-hybridized carbons (Fsp3) is 0.235. The molecule has 0 radical (unpaired) electrons. The standard InChI is InChI=1S/C17H13F2N3O2/c18-11-1-2-15(19)14(6-11)16-7-13(23)9-22(16)17(24)10-3-4-21-12(5-10)8-20/h1-6,13,16,23H,7,9H2/t13-,16+/m0/s1. The first-order valence-electron chi connectivity index (χ1n) is 7.29. The molecule has 122 valence electrons. The van der Waals surface area contributed by atoms with Crippen LogP contribution in [-0.2, 0) is 0 Å². The maximum Gasteiger partial charge on any atom is 0.254 e. The molecule has 0 unspecified atom stereocenters. The molecular weight excluding hydrogens is 316 g/mol. The summed E-state index contributed by atoms with van der Waals surface area (Å²) >= 11 is 0. The van der Waals surface area contributed by atoms with Crippen LogP contribution in [0.2, 0.25) is 0 Å². The molecule has 24 heavy (non-hydrogen) atoms. The van der Waals surface area contributed by atoms with Gasteiger partial charge >= 0.3 is 0 Å². The van der Waals surface area contributed by atoms with Gasteiger partial charge in [0.15, 0.2) is 0 Å². The molecule has 7 heteroatoms. The molecule has 2 atom stereocenters. The summed E-state index contributed by atoms with van der Waals surface area (Å²) in [4.78, 5) is 17.8. The Bertz CT molecular complexity index is 835. The molecule has 1 aliphatic rings. The van der Waals surface area contributed by atoms with Crippen molar-refractivity contribution >= 4 is 5.91 Å². The molecule has 1 N–H and O–H groups in total. The van der Waals surface area contributed by atoms with Crippen molar-refractivity contribution in [3.05, 3.63) is 65.0 Å². The number of carbonyl (C=O) groups is 1. The second kappa shape index (κ2) is 6.34. The minimum absolute atomic E-state index is 0.00363. The van der Waals surface area contributed by atoms with Crippen LogP contribution in [0.25, 0.3) is 0 Å². The summed E-state index contributed by atoms with van der Waals surface area (Å²) in [7, 11) is 0. The van der Waals surface area contributed by atoms with Crippen molar-refractivity contribution in [2.45, 2.75) is 18.6 Å². The normalized spacial score (nSPS) is 20.0. The van der Waals surface area contributed by atoms with Gasteiger partial charge in [0.1, 0.15) is 23.4 Å². The number of pyridine rings is 1. The number of β-amino-alcohol motifs (C(OH)–C–C–N with tert-alkyl or cyclic N) is 1. The molecular formula is C17H13F2N3O2. The Morgan fingerprint density at radius 1 is 1.33 bits per heavy atom. The molecule has 0 spiro atoms. The fourth-order valence-corrected chi connectivity index (χ4v) is 2.89. The molecule has 1 aromatic heterocycles. The van der Waals surface area contributed by atoms with E-state index in [1.165, 1.54) is 23.2 Å². The number of likely N-dealkylation sites (tertiary alicyclic amines) is 1. The SMILES string of the molecule is N#Cc1cc(C(=O)N2C[C@@H](O)C[C@@H]2c2cc(F)ccc2F)ccn1. The molecule has 0 aliphatic carbocycles. The lowest BCUT2D eigenvalue weighted by atomic mass is 10.0. The van der Waals surface area contributed by atoms with Gasteiger partial charge in [-0.25, -0.2) is 13.8 Å². The number of aliphatic hydroxyl groups is 1. The lowest BCUT2D eigenvalue weighted by Gasteiger charge is -2.25. The van der Waals surface area contributed by atoms with E-state index < -0.39 is 29.7 Å². The third kappa shape index (κ3) is 2.96. The number of carbonyl (C=O) groups excluding carboxylic acids is 1. The largest absolute Gasteiger partial charge is 0.391 e. The van der Waals surface area contributed by atoms with Crippen molar-refractivity contribution in [3.8, 4) is 6.07 Å². The molecule has 2 aromatic rings. The summed E-state index contributed by atoms with van der Waals surface area (Å²) in [6, 6.07) is 6.86. The van der Waals surface area contributed by atoms with Gasteiger partial charge in [-0.3, -0.25) is 4.79 Å². The maximum absolute atomic E-state index is 14.1. The molecule has 3 rings (SSSR count). The van der Waals surface area contributed by atoms with Crippen LogP contribution in [0.4, 0.5) is 8.78 Å². The van der Waals surface area contributed by atoms with Gasteiger partial charge < -0.3 is 10.0 Å². The van der Waals surface area contributed by atoms with E-state index in [1.54, 1.807) is 0 Å². The fourth-order valence-electron chi connectivity index (χ4n) is 2.89. The zero-order valence-corrected chi connectivity index (χ0v) is 12.5. The lowest BCUT2D eigenvalue weighted by Crippen LogP contribution is -2.32. The van der Waals surface area contributed by atoms with Crippen LogP contribution in [0.5, 0.6) is 0 Å². The third-order valence-corrected chi connectivity index (χ3v) is 3.98. The summed E-state index contributed by atoms with van der Waals surface area (Å²) < 4.78 is 27.5. The maximum atomic E-state index is 14.1. The topological polar surface area (TPSA) is 77.2 Å². The highest BCUT2D eigenvalue weighted by atomic mass is 19.1. The monoisotopic (exact) mass is 329 g/mol. The molecule has 1 aromatic carbocycles. The van der Waals surface area contributed by atoms with Gasteiger partial charge in [-0.15, -0.1) is 0 Å². The van der Waals surface area contributed by atoms with Gasteiger partial charge in [-0.05, 0) is 36.8 Å². The summed E-state index contributed by atoms with van der Waals surface area (Å²) in [5, 5.41) is 18.8. The average molecular weight is 329 g/mol. The summed E-state index contributed by atoms with van der Waals surface area (Å²) in [5.74, 6) is -1.73. The summed E-state index contributed by atoms with van der Waals surface area (Å²) in [6.45, 7) is 0.00363. The molecule has 1 amide bonds. The summed E-state index contributed by atoms with van der Waals surface area (Å²) in [5.41, 5.74) is 0.306. The Kier molecular flexibility index (Phi) is 4.23. The Balaban J connectivity index is 1.97. The molecule has 0 saturated carbocycles. The number of nitrogens with zero attached hydrogens (tertiary/aromatic N) is 3. The van der Waals surface area contributed by atoms with Crippen molar-refractivity contribution in [2.75, 3.05) is 6.54 Å². The first-order valence-corrected chi connectivity index (χ1v) is 7.29. The second-order valence-electron chi connectivity index (χ2n) is 5.57. The first-order chi connectivity index (χ1) is 11.5. The average Bonchev–Trinajstić information content (AvgIpc) is 2.98. The van der Waals surface area contributed by atoms with Crippen LogP contribution in [-0.4, -0.2) is 33.5 Å². The number of aromatic nitrogens is 1. The van der Waals surface area contributed by atoms with Gasteiger partial charge in [-0.1, -0.05) is 0 Å². The van der Waals surface area contributed by atoms with Crippen LogP contribution in [0.3, 0.4) is 0 Å². The van der Waals surface area contributed by atoms with Crippen LogP contribution >= 0.6 is 0 Å². The first kappa shape index (κ1) is 16.0. The van der Waals surface area contributed by atoms with E-state index >= 15 is 0 Å². The van der Waals surface area contributed by atoms with Crippen LogP contribution in [0.15, 0.2) is 36.5 Å². The van der Waals surface area contributed by atoms with Crippen molar-refractivity contribution in [3.63, 3.8) is 0 Å². The Labute approximate surface area is 136 Å². The van der Waals surface area contributed by atoms with Crippen LogP contribution in [0.1, 0.15) is 34.1 Å². The quantitative estimate of drug-likeness (QED) is 0.916. The lowest BCUT2D eigenvalue weighted by molar-refractivity contribution is 0.0713. The van der Waals surface area contributed by atoms with Gasteiger partial charge in [0.25, 0.3) is 5.91 Å². The van der Waals surface area contributed by atoms with Crippen molar-refractivity contribution in [1.29, 1.82) is 5.26 Å². The van der Waals surface area contributed by atoms with E-state index in [0.717, 1.165) is 18.2 Å². The van der Waals surface area contributed by atoms with Gasteiger partial charge in [0.2, 0.25) is 0 Å². The van der Waals surface area contributed by atoms with E-state index in [-0.39, 0.29) is 29.8 Å². The van der Waals surface area contributed by atoms with Crippen molar-refractivity contribution in [1.82, 2.24) is 9.88 Å². The Morgan fingerprint density at radius 2 is 2.12 bits per heavy atom. The molecule has 1 fully saturated rings. The number of aliphatic hydroxyl groups excluding tert-OH is 1. The van der Waals surface area contributed by atoms with E-state index in [1.807, 2.05) is 6.07 Å². The molecule has 1 saturated heterocycles. The summed E-state index contributed by atoms with van der Waals surface area (Å²) in [6.07, 6.45) is 0.608. The number of amides is 1. The Hall–Kier alpha value is -2.85. The van der Waals surface area contributed by atoms with E-state index in [0.29, 0.717) is 0 Å². The Morgan fingerprint density at radius 3 is 2.88 bits per heavy atom. The predicted molar refractivity (Wildman–Crippen MR) is 79.7 cm³/mol. The van der Waals surface area contributed by atoms with Crippen LogP contribution in [0, 0.1) is 23.0 Å². The number of rotatable bonds is 2. The van der Waals surface area contributed by atoms with Crippen LogP contribution < -0.4 is 0 Å². The number of nitriles is 1. The highest BCUT2D eigenvalue weighted by Gasteiger charge is 2.37. The smallest absolute Gasteiger partial charge is 0.254 e. The predicted octanol–water partition coefficient (Wildman–Crippen LogP) is 2.18. The minimum atomic E-state index is -0.834. The van der Waals surface area contributed by atoms with Crippen molar-refractivity contribution in [2.24, 2.45) is 0 Å². The zero-order valence-electron chi connectivity index (χ0n) is 12.5. The molecule has 2 heterocycles. The number of hydrogen-bond acceptors (Lipinski definition) is 4. The highest BCUT2D eigenvalue weighted by molar-refractivity contribution is 5.95. The zero-order chi connectivity index (χ0) is 17.3. The molecule has 1 aliphatic heterocycles. The van der Waals surface area contributed by atoms with Gasteiger partial charge in [0, 0.05) is 23.9 Å². The third-order valence-electron chi connectivity index (χ3n) is 3.98. The number of hydrogen-bond donors (Lipinski definition) is 1. The number of benzene rings is 1. The molecule has 0 bridgehead atoms. The van der Waals surface area contributed by atoms with Gasteiger partial charge in [-0.2, -0.15) is 5.26 Å². The molecule has 5 nitrogen and oxygen atoms in total. The van der Waals surface area contributed by atoms with E-state index in [4.69, 9.17) is 5.26 Å². The van der Waals surface area contributed by atoms with E-state index in [9.17, 15) is 18.7 Å². The van der Waals surface area contributed by atoms with E-state index in [2.05, 4.69) is 4.98 Å². The highest BCUT2D eigenvalue weighted by Crippen LogP contribution is 2.35. The van der Waals surface area contributed by atoms with Gasteiger partial charge in [0.05, 0.1) is 12.1 Å². The van der Waals surface area contributed by atoms with Crippen molar-refractivity contribution < 1.29 is 18.7 Å². The number of halogens is 2. The minimum Gasteiger partial charge on any atom is -0.391 e. The second-order valence-corrected chi connectivity index (χ2v) is 5.57.